The van der Waals surface area contributed by atoms with Gasteiger partial charge in [0.15, 0.2) is 0 Å². The first-order valence-corrected chi connectivity index (χ1v) is 11.6. The van der Waals surface area contributed by atoms with E-state index in [1.54, 1.807) is 22.6 Å². The van der Waals surface area contributed by atoms with Crippen LogP contribution in [0.4, 0.5) is 0 Å². The van der Waals surface area contributed by atoms with E-state index in [4.69, 9.17) is 26.6 Å². The van der Waals surface area contributed by atoms with Gasteiger partial charge in [-0.2, -0.15) is 0 Å². The molecule has 0 aliphatic carbocycles. The highest BCUT2D eigenvalue weighted by Crippen LogP contribution is 2.46. The third-order valence-corrected chi connectivity index (χ3v) is 6.25. The number of rotatable bonds is 11. The Morgan fingerprint density at radius 2 is 2.07 bits per heavy atom. The highest BCUT2D eigenvalue weighted by Gasteiger charge is 2.47. The molecule has 5 atom stereocenters. The summed E-state index contributed by atoms with van der Waals surface area (Å²) in [5, 5.41) is 8.16. The van der Waals surface area contributed by atoms with Crippen LogP contribution in [0.25, 0.3) is 0 Å². The maximum Gasteiger partial charge on any atom is 0.472 e. The molecule has 30 heavy (non-hydrogen) atoms. The fourth-order valence-corrected chi connectivity index (χ4v) is 4.28. The van der Waals surface area contributed by atoms with E-state index >= 15 is 0 Å². The number of phosphoric ester groups is 1. The molecule has 1 fully saturated rings. The fourth-order valence-electron chi connectivity index (χ4n) is 2.87. The van der Waals surface area contributed by atoms with E-state index in [-0.39, 0.29) is 13.2 Å². The van der Waals surface area contributed by atoms with E-state index in [1.165, 1.54) is 7.11 Å². The summed E-state index contributed by atoms with van der Waals surface area (Å²) >= 11 is 1.62. The summed E-state index contributed by atoms with van der Waals surface area (Å²) in [6, 6.07) is 9.06. The Hall–Kier alpha value is -1.24. The zero-order valence-corrected chi connectivity index (χ0v) is 18.3. The molecule has 3 rings (SSSR count). The quantitative estimate of drug-likeness (QED) is 0.304. The predicted molar refractivity (Wildman–Crippen MR) is 109 cm³/mol. The number of hydrogen-bond acceptors (Lipinski definition) is 9. The second kappa shape index (κ2) is 10.9. The van der Waals surface area contributed by atoms with E-state index in [0.29, 0.717) is 11.6 Å². The van der Waals surface area contributed by atoms with Crippen molar-refractivity contribution < 1.29 is 32.7 Å². The summed E-state index contributed by atoms with van der Waals surface area (Å²) in [6.07, 6.45) is -0.723. The maximum absolute atomic E-state index is 11.9. The first-order valence-electron chi connectivity index (χ1n) is 9.07. The fraction of sp³-hybridized carbons (Fsp3) is 0.529. The molecular formula is C17H23BN3O7PS. The number of ether oxygens (including phenoxy) is 3. The normalized spacial score (nSPS) is 26.0. The highest BCUT2D eigenvalue weighted by molar-refractivity contribution is 7.98. The molecule has 2 unspecified atom stereocenters. The largest absolute Gasteiger partial charge is 0.472 e. The highest BCUT2D eigenvalue weighted by atomic mass is 32.2. The molecule has 0 bridgehead atoms. The van der Waals surface area contributed by atoms with Gasteiger partial charge in [0.05, 0.1) is 25.3 Å². The molecule has 2 heterocycles. The van der Waals surface area contributed by atoms with Crippen molar-refractivity contribution in [1.29, 1.82) is 0 Å². The maximum atomic E-state index is 11.9. The van der Waals surface area contributed by atoms with Gasteiger partial charge < -0.3 is 19.1 Å². The average molecular weight is 455 g/mol. The Labute approximate surface area is 180 Å². The summed E-state index contributed by atoms with van der Waals surface area (Å²) < 4.78 is 39.8. The van der Waals surface area contributed by atoms with Gasteiger partial charge in [-0.05, 0) is 12.1 Å². The number of phosphoric acid groups is 1. The van der Waals surface area contributed by atoms with E-state index in [9.17, 15) is 9.46 Å². The van der Waals surface area contributed by atoms with Crippen LogP contribution in [0.2, 0.25) is 0 Å². The molecule has 1 aromatic heterocycles. The third kappa shape index (κ3) is 6.38. The van der Waals surface area contributed by atoms with Crippen LogP contribution in [0.15, 0.2) is 41.4 Å². The van der Waals surface area contributed by atoms with Crippen molar-refractivity contribution >= 4 is 27.4 Å². The van der Waals surface area contributed by atoms with Crippen LogP contribution in [-0.4, -0.2) is 72.9 Å². The van der Waals surface area contributed by atoms with E-state index < -0.39 is 32.1 Å². The molecule has 0 saturated carbocycles. The van der Waals surface area contributed by atoms with Crippen LogP contribution in [0.5, 0.6) is 0 Å². The predicted octanol–water partition coefficient (Wildman–Crippen LogP) is 1.58. The Bertz CT molecular complexity index is 846. The molecular weight excluding hydrogens is 432 g/mol. The summed E-state index contributed by atoms with van der Waals surface area (Å²) in [5.74, 6) is 0.590. The van der Waals surface area contributed by atoms with Crippen LogP contribution >= 0.6 is 19.6 Å². The molecule has 13 heteroatoms. The van der Waals surface area contributed by atoms with E-state index in [0.717, 1.165) is 12.0 Å². The molecule has 2 radical (unpaired) electrons. The lowest BCUT2D eigenvalue weighted by atomic mass is 9.93. The minimum absolute atomic E-state index is 0.0694. The second-order valence-corrected chi connectivity index (χ2v) is 8.96. The number of methoxy groups -OCH3 is 1. The topological polar surface area (TPSA) is 114 Å². The minimum atomic E-state index is -4.28. The summed E-state index contributed by atoms with van der Waals surface area (Å²) in [6.45, 7) is 0.175. The van der Waals surface area contributed by atoms with Gasteiger partial charge in [-0.25, -0.2) is 9.25 Å². The van der Waals surface area contributed by atoms with Crippen LogP contribution in [0.1, 0.15) is 5.69 Å². The Morgan fingerprint density at radius 1 is 1.30 bits per heavy atom. The van der Waals surface area contributed by atoms with E-state index in [1.807, 2.05) is 30.3 Å². The number of hydrogen-bond donors (Lipinski definition) is 1. The lowest BCUT2D eigenvalue weighted by molar-refractivity contribution is -0.0398. The van der Waals surface area contributed by atoms with Gasteiger partial charge >= 0.3 is 7.82 Å². The van der Waals surface area contributed by atoms with Crippen LogP contribution < -0.4 is 0 Å². The van der Waals surface area contributed by atoms with Gasteiger partial charge in [-0.1, -0.05) is 23.4 Å². The number of thioether (sulfide) groups is 1. The van der Waals surface area contributed by atoms with E-state index in [2.05, 4.69) is 14.8 Å². The van der Waals surface area contributed by atoms with Crippen molar-refractivity contribution in [2.75, 3.05) is 20.8 Å². The van der Waals surface area contributed by atoms with Crippen molar-refractivity contribution in [3.8, 4) is 0 Å². The van der Waals surface area contributed by atoms with Gasteiger partial charge in [0.25, 0.3) is 0 Å². The molecule has 0 amide bonds. The third-order valence-electron chi connectivity index (χ3n) is 4.28. The zero-order valence-electron chi connectivity index (χ0n) is 16.6. The van der Waals surface area contributed by atoms with Crippen molar-refractivity contribution in [3.63, 3.8) is 0 Å². The van der Waals surface area contributed by atoms with Crippen molar-refractivity contribution in [2.24, 2.45) is 0 Å². The molecule has 2 aromatic rings. The monoisotopic (exact) mass is 455 g/mol. The minimum Gasteiger partial charge on any atom is -0.382 e. The molecule has 162 valence electrons. The Balaban J connectivity index is 1.59. The standard InChI is InChI=1S/C17H23BN3O7PS/c1-24-10-14-15(28-29(22,23)25-2)16(17(18)27-14)26-9-12-8-21(20-19-12)11-30-13-6-4-3-5-7-13/h3-8,14-17H,9-11H2,1-2H3,(H,22,23)/t14-,15+,16?,17-/m1/s1. The first kappa shape index (κ1) is 23.4. The number of aromatic nitrogens is 3. The lowest BCUT2D eigenvalue weighted by Crippen LogP contribution is -2.38. The summed E-state index contributed by atoms with van der Waals surface area (Å²) in [7, 11) is 4.25. The molecule has 1 aromatic carbocycles. The Morgan fingerprint density at radius 3 is 2.77 bits per heavy atom. The molecule has 1 aliphatic rings. The summed E-state index contributed by atoms with van der Waals surface area (Å²) in [5.41, 5.74) is 0.573. The van der Waals surface area contributed by atoms with Crippen molar-refractivity contribution in [1.82, 2.24) is 15.0 Å². The number of nitrogens with zero attached hydrogens (tertiary/aromatic N) is 3. The van der Waals surface area contributed by atoms with Gasteiger partial charge in [0.2, 0.25) is 0 Å². The SMILES string of the molecule is [B][C@@H]1O[C@H](COC)[C@H](OP(=O)(O)OC)C1OCc1cn(CSc2ccccc2)nn1. The summed E-state index contributed by atoms with van der Waals surface area (Å²) in [4.78, 5) is 10.8. The Kier molecular flexibility index (Phi) is 8.49. The second-order valence-electron chi connectivity index (χ2n) is 6.43. The zero-order chi connectivity index (χ0) is 21.6. The molecule has 10 nitrogen and oxygen atoms in total. The molecule has 0 spiro atoms. The average Bonchev–Trinajstić information content (AvgIpc) is 3.30. The first-order chi connectivity index (χ1) is 14.4. The molecule has 1 aliphatic heterocycles. The van der Waals surface area contributed by atoms with Crippen molar-refractivity contribution in [3.05, 3.63) is 42.2 Å². The van der Waals surface area contributed by atoms with Crippen LogP contribution in [0.3, 0.4) is 0 Å². The van der Waals surface area contributed by atoms with Gasteiger partial charge in [0.1, 0.15) is 31.9 Å². The lowest BCUT2D eigenvalue weighted by Gasteiger charge is -2.24. The number of benzene rings is 1. The van der Waals surface area contributed by atoms with Gasteiger partial charge in [-0.15, -0.1) is 16.9 Å². The molecule has 1 saturated heterocycles. The van der Waals surface area contributed by atoms with Crippen molar-refractivity contribution in [2.45, 2.75) is 41.7 Å². The smallest absolute Gasteiger partial charge is 0.382 e. The van der Waals surface area contributed by atoms with Gasteiger partial charge in [0, 0.05) is 25.1 Å². The van der Waals surface area contributed by atoms with Gasteiger partial charge in [-0.3, -0.25) is 9.05 Å². The van der Waals surface area contributed by atoms with Crippen LogP contribution in [-0.2, 0) is 40.3 Å². The van der Waals surface area contributed by atoms with Crippen LogP contribution in [0, 0.1) is 0 Å². The molecule has 1 N–H and O–H groups in total.